The molecule has 8 heteroatoms. The number of carbonyl (C=O) groups is 1. The highest BCUT2D eigenvalue weighted by atomic mass is 32.1. The van der Waals surface area contributed by atoms with Gasteiger partial charge in [-0.15, -0.1) is 0 Å². The van der Waals surface area contributed by atoms with Gasteiger partial charge in [0.25, 0.3) is 14.7 Å². The summed E-state index contributed by atoms with van der Waals surface area (Å²) in [6, 6.07) is 9.58. The molecule has 0 fully saturated rings. The predicted molar refractivity (Wildman–Crippen MR) is 90.7 cm³/mol. The standard InChI is InChI=1S/C14H22N2O4SSi/c1-18-22(19-2,20-3)11-7-10-15-14(21)16-13(17)12-8-5-4-6-9-12/h4-6,8-9H,7,10-11H2,1-3H3,(H2,15,16,17,21)/q-1. The van der Waals surface area contributed by atoms with Crippen LogP contribution in [0.2, 0.25) is 6.04 Å². The molecule has 0 spiro atoms. The Balaban J connectivity index is 2.31. The molecule has 0 heterocycles. The van der Waals surface area contributed by atoms with Crippen molar-refractivity contribution in [2.24, 2.45) is 0 Å². The van der Waals surface area contributed by atoms with Gasteiger partial charge >= 0.3 is 0 Å². The van der Waals surface area contributed by atoms with Crippen molar-refractivity contribution in [2.45, 2.75) is 12.5 Å². The van der Waals surface area contributed by atoms with Crippen LogP contribution < -0.4 is 10.6 Å². The molecule has 0 aliphatic carbocycles. The monoisotopic (exact) mass is 342 g/mol. The Morgan fingerprint density at radius 1 is 1.14 bits per heavy atom. The SMILES string of the molecule is CO[Si-](CCCNC(=S)NC(=O)c1ccccc1)(OC)OC. The molecule has 6 nitrogen and oxygen atoms in total. The molecular weight excluding hydrogens is 320 g/mol. The van der Waals surface area contributed by atoms with Crippen molar-refractivity contribution in [3.05, 3.63) is 35.9 Å². The summed E-state index contributed by atoms with van der Waals surface area (Å²) in [5.41, 5.74) is 0.566. The van der Waals surface area contributed by atoms with Crippen LogP contribution in [0.25, 0.3) is 0 Å². The quantitative estimate of drug-likeness (QED) is 0.424. The highest BCUT2D eigenvalue weighted by molar-refractivity contribution is 7.80. The lowest BCUT2D eigenvalue weighted by atomic mass is 10.2. The van der Waals surface area contributed by atoms with Gasteiger partial charge < -0.3 is 18.6 Å². The van der Waals surface area contributed by atoms with Crippen molar-refractivity contribution >= 4 is 32.0 Å². The van der Waals surface area contributed by atoms with Crippen molar-refractivity contribution in [1.29, 1.82) is 0 Å². The zero-order chi connectivity index (χ0) is 16.4. The molecule has 1 rings (SSSR count). The molecule has 1 aromatic rings. The lowest BCUT2D eigenvalue weighted by molar-refractivity contribution is 0.0976. The van der Waals surface area contributed by atoms with E-state index in [4.69, 9.17) is 25.5 Å². The van der Waals surface area contributed by atoms with E-state index in [1.54, 1.807) is 45.6 Å². The first-order valence-electron chi connectivity index (χ1n) is 6.86. The normalized spacial score (nSPS) is 11.0. The van der Waals surface area contributed by atoms with Gasteiger partial charge in [0.2, 0.25) is 0 Å². The van der Waals surface area contributed by atoms with E-state index >= 15 is 0 Å². The van der Waals surface area contributed by atoms with Crippen LogP contribution in [0.3, 0.4) is 0 Å². The molecule has 0 atom stereocenters. The Morgan fingerprint density at radius 2 is 1.73 bits per heavy atom. The van der Waals surface area contributed by atoms with E-state index in [0.29, 0.717) is 23.3 Å². The molecule has 0 saturated heterocycles. The van der Waals surface area contributed by atoms with E-state index in [1.807, 2.05) is 6.07 Å². The largest absolute Gasteiger partial charge is 0.527 e. The van der Waals surface area contributed by atoms with E-state index in [9.17, 15) is 4.79 Å². The molecule has 123 valence electrons. The second kappa shape index (κ2) is 9.64. The summed E-state index contributed by atoms with van der Waals surface area (Å²) in [5.74, 6) is -0.229. The average molecular weight is 342 g/mol. The number of nitrogens with one attached hydrogen (secondary N) is 2. The molecule has 0 radical (unpaired) electrons. The summed E-state index contributed by atoms with van der Waals surface area (Å²) in [7, 11) is 2.20. The summed E-state index contributed by atoms with van der Waals surface area (Å²) in [4.78, 5) is 11.9. The minimum absolute atomic E-state index is 0.229. The first kappa shape index (κ1) is 18.7. The van der Waals surface area contributed by atoms with Crippen LogP contribution in [0, 0.1) is 0 Å². The van der Waals surface area contributed by atoms with Crippen LogP contribution >= 0.6 is 12.2 Å². The minimum Gasteiger partial charge on any atom is -0.527 e. The van der Waals surface area contributed by atoms with Crippen LogP contribution in [-0.2, 0) is 13.3 Å². The van der Waals surface area contributed by atoms with Gasteiger partial charge in [-0.25, -0.2) is 0 Å². The van der Waals surface area contributed by atoms with Gasteiger partial charge in [-0.3, -0.25) is 10.1 Å². The molecule has 0 unspecified atom stereocenters. The van der Waals surface area contributed by atoms with E-state index in [1.165, 1.54) is 0 Å². The predicted octanol–water partition coefficient (Wildman–Crippen LogP) is 1.56. The third-order valence-corrected chi connectivity index (χ3v) is 6.22. The van der Waals surface area contributed by atoms with Gasteiger partial charge in [0.15, 0.2) is 5.11 Å². The summed E-state index contributed by atoms with van der Waals surface area (Å²) in [5, 5.41) is 5.92. The number of thiocarbonyl (C=S) groups is 1. The highest BCUT2D eigenvalue weighted by Gasteiger charge is 2.21. The van der Waals surface area contributed by atoms with Gasteiger partial charge in [0, 0.05) is 12.1 Å². The van der Waals surface area contributed by atoms with Crippen LogP contribution in [0.15, 0.2) is 30.3 Å². The Labute approximate surface area is 137 Å². The molecular formula is C14H22N2O4SSi-. The second-order valence-corrected chi connectivity index (χ2v) is 7.97. The summed E-state index contributed by atoms with van der Waals surface area (Å²) in [6.07, 6.45) is 0.753. The third kappa shape index (κ3) is 5.82. The van der Waals surface area contributed by atoms with Crippen LogP contribution in [0.4, 0.5) is 0 Å². The first-order valence-corrected chi connectivity index (χ1v) is 9.20. The van der Waals surface area contributed by atoms with Crippen molar-refractivity contribution in [2.75, 3.05) is 27.9 Å². The van der Waals surface area contributed by atoms with Gasteiger partial charge in [0.1, 0.15) is 0 Å². The number of amides is 1. The van der Waals surface area contributed by atoms with Gasteiger partial charge in [-0.1, -0.05) is 30.7 Å². The third-order valence-electron chi connectivity index (χ3n) is 3.14. The summed E-state index contributed by atoms with van der Waals surface area (Å²) in [6.45, 7) is 0.596. The number of hydrogen-bond acceptors (Lipinski definition) is 5. The van der Waals surface area contributed by atoms with E-state index in [0.717, 1.165) is 6.42 Å². The van der Waals surface area contributed by atoms with Gasteiger partial charge in [0.05, 0.1) is 0 Å². The molecule has 0 aliphatic heterocycles. The highest BCUT2D eigenvalue weighted by Crippen LogP contribution is 2.14. The first-order chi connectivity index (χ1) is 10.6. The Bertz CT molecular complexity index is 475. The lowest BCUT2D eigenvalue weighted by Crippen LogP contribution is -2.44. The van der Waals surface area contributed by atoms with Crippen LogP contribution in [0.5, 0.6) is 0 Å². The minimum atomic E-state index is -2.54. The second-order valence-electron chi connectivity index (χ2n) is 4.47. The average Bonchev–Trinajstić information content (AvgIpc) is 2.56. The number of hydrogen-bond donors (Lipinski definition) is 2. The Morgan fingerprint density at radius 3 is 2.27 bits per heavy atom. The van der Waals surface area contributed by atoms with Crippen molar-refractivity contribution < 1.29 is 18.1 Å². The maximum absolute atomic E-state index is 11.9. The lowest BCUT2D eigenvalue weighted by Gasteiger charge is -2.38. The van der Waals surface area contributed by atoms with Gasteiger partial charge in [-0.05, 0) is 45.7 Å². The smallest absolute Gasteiger partial charge is 0.280 e. The van der Waals surface area contributed by atoms with E-state index in [2.05, 4.69) is 10.6 Å². The van der Waals surface area contributed by atoms with Gasteiger partial charge in [-0.2, -0.15) is 0 Å². The van der Waals surface area contributed by atoms with Crippen molar-refractivity contribution in [1.82, 2.24) is 10.6 Å². The van der Waals surface area contributed by atoms with Crippen LogP contribution in [0.1, 0.15) is 16.8 Å². The fraction of sp³-hybridized carbons (Fsp3) is 0.429. The van der Waals surface area contributed by atoms with E-state index < -0.39 is 8.80 Å². The van der Waals surface area contributed by atoms with Crippen molar-refractivity contribution in [3.63, 3.8) is 0 Å². The summed E-state index contributed by atoms with van der Waals surface area (Å²) < 4.78 is 16.0. The fourth-order valence-electron chi connectivity index (χ4n) is 1.87. The molecule has 1 amide bonds. The fourth-order valence-corrected chi connectivity index (χ4v) is 3.79. The van der Waals surface area contributed by atoms with Crippen molar-refractivity contribution in [3.8, 4) is 0 Å². The van der Waals surface area contributed by atoms with E-state index in [-0.39, 0.29) is 5.91 Å². The molecule has 0 bridgehead atoms. The maximum atomic E-state index is 11.9. The Hall–Kier alpha value is -1.32. The van der Waals surface area contributed by atoms with Crippen LogP contribution in [-0.4, -0.2) is 47.7 Å². The molecule has 22 heavy (non-hydrogen) atoms. The Kier molecular flexibility index (Phi) is 8.21. The molecule has 0 saturated carbocycles. The topological polar surface area (TPSA) is 68.8 Å². The molecule has 0 aromatic heterocycles. The number of rotatable bonds is 8. The molecule has 2 N–H and O–H groups in total. The number of benzene rings is 1. The zero-order valence-electron chi connectivity index (χ0n) is 13.0. The summed E-state index contributed by atoms with van der Waals surface area (Å²) >= 11 is 5.10. The number of carbonyl (C=O) groups excluding carboxylic acids is 1. The molecule has 0 aliphatic rings. The molecule has 1 aromatic carbocycles. The zero-order valence-corrected chi connectivity index (χ0v) is 14.9. The maximum Gasteiger partial charge on any atom is 0.280 e.